The maximum atomic E-state index is 12.8. The average molecular weight is 173 g/mol. The average Bonchev–Trinajstić information content (AvgIpc) is 2.03. The van der Waals surface area contributed by atoms with Crippen molar-refractivity contribution in [2.75, 3.05) is 0 Å². The van der Waals surface area contributed by atoms with Crippen LogP contribution in [0.4, 0.5) is 4.39 Å². The second kappa shape index (κ2) is 2.72. The first-order chi connectivity index (χ1) is 5.75. The first-order valence-corrected chi connectivity index (χ1v) is 4.17. The lowest BCUT2D eigenvalue weighted by Crippen LogP contribution is -1.99. The highest BCUT2D eigenvalue weighted by molar-refractivity contribution is 6.33. The molecule has 0 aromatic heterocycles. The molecule has 0 aliphatic rings. The van der Waals surface area contributed by atoms with Gasteiger partial charge in [0.1, 0.15) is 5.82 Å². The molecular formula is C10H6FSi. The Morgan fingerprint density at radius 3 is 2.50 bits per heavy atom. The zero-order valence-electron chi connectivity index (χ0n) is 6.34. The normalized spacial score (nSPS) is 10.5. The first-order valence-electron chi connectivity index (χ1n) is 3.67. The largest absolute Gasteiger partial charge is 0.207 e. The molecule has 0 unspecified atom stereocenters. The molecule has 0 nitrogen and oxygen atoms in total. The molecule has 0 aliphatic heterocycles. The number of halogens is 1. The van der Waals surface area contributed by atoms with Gasteiger partial charge in [-0.3, -0.25) is 0 Å². The lowest BCUT2D eigenvalue weighted by Gasteiger charge is -1.98. The third kappa shape index (κ3) is 1.25. The number of hydrogen-bond acceptors (Lipinski definition) is 0. The molecule has 2 rings (SSSR count). The summed E-state index contributed by atoms with van der Waals surface area (Å²) in [7, 11) is 3.38. The van der Waals surface area contributed by atoms with Crippen LogP contribution in [0.1, 0.15) is 0 Å². The van der Waals surface area contributed by atoms with Crippen LogP contribution in [0.3, 0.4) is 0 Å². The summed E-state index contributed by atoms with van der Waals surface area (Å²) in [5.41, 5.74) is 0. The van der Waals surface area contributed by atoms with E-state index in [2.05, 4.69) is 10.2 Å². The Bertz CT molecular complexity index is 386. The second-order valence-electron chi connectivity index (χ2n) is 2.71. The van der Waals surface area contributed by atoms with Crippen LogP contribution in [0.5, 0.6) is 0 Å². The van der Waals surface area contributed by atoms with Crippen molar-refractivity contribution < 1.29 is 4.39 Å². The van der Waals surface area contributed by atoms with Crippen molar-refractivity contribution in [2.45, 2.75) is 0 Å². The minimum Gasteiger partial charge on any atom is -0.207 e. The van der Waals surface area contributed by atoms with Gasteiger partial charge < -0.3 is 0 Å². The summed E-state index contributed by atoms with van der Waals surface area (Å²) in [6.45, 7) is 0. The van der Waals surface area contributed by atoms with Gasteiger partial charge in [0.2, 0.25) is 0 Å². The summed E-state index contributed by atoms with van der Waals surface area (Å²) in [6, 6.07) is 10.6. The van der Waals surface area contributed by atoms with E-state index in [1.807, 2.05) is 18.2 Å². The molecule has 0 N–H and O–H groups in total. The van der Waals surface area contributed by atoms with Crippen LogP contribution in [0.25, 0.3) is 10.8 Å². The summed E-state index contributed by atoms with van der Waals surface area (Å²) < 4.78 is 12.8. The summed E-state index contributed by atoms with van der Waals surface area (Å²) in [6.07, 6.45) is 0. The smallest absolute Gasteiger partial charge is 0.123 e. The monoisotopic (exact) mass is 173 g/mol. The number of hydrogen-bond donors (Lipinski definition) is 0. The lowest BCUT2D eigenvalue weighted by atomic mass is 10.1. The molecule has 12 heavy (non-hydrogen) atoms. The van der Waals surface area contributed by atoms with E-state index in [-0.39, 0.29) is 5.82 Å². The maximum absolute atomic E-state index is 12.8. The highest BCUT2D eigenvalue weighted by Crippen LogP contribution is 2.13. The Hall–Kier alpha value is -1.15. The van der Waals surface area contributed by atoms with Crippen molar-refractivity contribution in [3.05, 3.63) is 42.2 Å². The van der Waals surface area contributed by atoms with Gasteiger partial charge in [-0.25, -0.2) is 4.39 Å². The van der Waals surface area contributed by atoms with Crippen LogP contribution in [-0.2, 0) is 0 Å². The molecule has 57 valence electrons. The highest BCUT2D eigenvalue weighted by Gasteiger charge is 1.94. The molecule has 2 heteroatoms. The van der Waals surface area contributed by atoms with E-state index in [1.165, 1.54) is 12.1 Å². The Labute approximate surface area is 73.4 Å². The third-order valence-corrected chi connectivity index (χ3v) is 2.11. The standard InChI is InChI=1S/C10H6FSi/c11-9-3-1-7-2-4-10(12)6-8(7)5-9/h1-6H. The van der Waals surface area contributed by atoms with E-state index >= 15 is 0 Å². The van der Waals surface area contributed by atoms with E-state index in [1.54, 1.807) is 6.07 Å². The molecule has 0 heterocycles. The SMILES string of the molecule is Fc1ccc2ccc([Si])cc2c1. The zero-order chi connectivity index (χ0) is 8.55. The molecule has 2 aromatic rings. The van der Waals surface area contributed by atoms with Crippen LogP contribution in [-0.4, -0.2) is 10.2 Å². The fourth-order valence-electron chi connectivity index (χ4n) is 1.22. The fourth-order valence-corrected chi connectivity index (χ4v) is 1.46. The van der Waals surface area contributed by atoms with Crippen molar-refractivity contribution in [3.8, 4) is 0 Å². The van der Waals surface area contributed by atoms with Crippen LogP contribution in [0.15, 0.2) is 36.4 Å². The number of benzene rings is 2. The van der Waals surface area contributed by atoms with Crippen molar-refractivity contribution in [1.29, 1.82) is 0 Å². The summed E-state index contributed by atoms with van der Waals surface area (Å²) in [5.74, 6) is -0.195. The molecule has 0 aliphatic carbocycles. The summed E-state index contributed by atoms with van der Waals surface area (Å²) in [5, 5.41) is 2.94. The van der Waals surface area contributed by atoms with Crippen LogP contribution in [0, 0.1) is 5.82 Å². The first kappa shape index (κ1) is 7.49. The molecule has 0 saturated carbocycles. The van der Waals surface area contributed by atoms with Gasteiger partial charge >= 0.3 is 0 Å². The van der Waals surface area contributed by atoms with E-state index in [0.29, 0.717) is 0 Å². The molecule has 0 saturated heterocycles. The molecule has 3 radical (unpaired) electrons. The van der Waals surface area contributed by atoms with E-state index in [4.69, 9.17) is 0 Å². The Morgan fingerprint density at radius 1 is 0.917 bits per heavy atom. The van der Waals surface area contributed by atoms with E-state index in [9.17, 15) is 4.39 Å². The van der Waals surface area contributed by atoms with Gasteiger partial charge in [-0.05, 0) is 22.9 Å². The Kier molecular flexibility index (Phi) is 1.70. The maximum Gasteiger partial charge on any atom is 0.123 e. The Balaban J connectivity index is 2.80. The van der Waals surface area contributed by atoms with Crippen LogP contribution >= 0.6 is 0 Å². The quantitative estimate of drug-likeness (QED) is 0.533. The van der Waals surface area contributed by atoms with Gasteiger partial charge in [-0.1, -0.05) is 29.5 Å². The van der Waals surface area contributed by atoms with Crippen molar-refractivity contribution >= 4 is 26.2 Å². The van der Waals surface area contributed by atoms with Gasteiger partial charge in [0.15, 0.2) is 0 Å². The summed E-state index contributed by atoms with van der Waals surface area (Å²) >= 11 is 0. The van der Waals surface area contributed by atoms with Crippen molar-refractivity contribution in [2.24, 2.45) is 0 Å². The zero-order valence-corrected chi connectivity index (χ0v) is 7.34. The minimum atomic E-state index is -0.195. The molecule has 2 aromatic carbocycles. The van der Waals surface area contributed by atoms with Gasteiger partial charge in [-0.2, -0.15) is 0 Å². The van der Waals surface area contributed by atoms with Gasteiger partial charge in [-0.15, -0.1) is 0 Å². The van der Waals surface area contributed by atoms with Crippen molar-refractivity contribution in [1.82, 2.24) is 0 Å². The topological polar surface area (TPSA) is 0 Å². The lowest BCUT2D eigenvalue weighted by molar-refractivity contribution is 0.630. The minimum absolute atomic E-state index is 0.195. The van der Waals surface area contributed by atoms with E-state index in [0.717, 1.165) is 16.0 Å². The van der Waals surface area contributed by atoms with Crippen LogP contribution < -0.4 is 5.19 Å². The molecule has 0 atom stereocenters. The van der Waals surface area contributed by atoms with Gasteiger partial charge in [0, 0.05) is 0 Å². The van der Waals surface area contributed by atoms with Gasteiger partial charge in [0.05, 0.1) is 10.2 Å². The Morgan fingerprint density at radius 2 is 1.67 bits per heavy atom. The van der Waals surface area contributed by atoms with Crippen molar-refractivity contribution in [3.63, 3.8) is 0 Å². The van der Waals surface area contributed by atoms with Gasteiger partial charge in [0.25, 0.3) is 0 Å². The van der Waals surface area contributed by atoms with Crippen LogP contribution in [0.2, 0.25) is 0 Å². The molecular weight excluding hydrogens is 167 g/mol. The number of fused-ring (bicyclic) bond motifs is 1. The highest BCUT2D eigenvalue weighted by atomic mass is 28.1. The number of rotatable bonds is 0. The van der Waals surface area contributed by atoms with E-state index < -0.39 is 0 Å². The summed E-state index contributed by atoms with van der Waals surface area (Å²) in [4.78, 5) is 0. The molecule has 0 amide bonds. The predicted molar refractivity (Wildman–Crippen MR) is 49.3 cm³/mol. The molecule has 0 fully saturated rings. The molecule has 0 spiro atoms. The second-order valence-corrected chi connectivity index (χ2v) is 3.28. The molecule has 0 bridgehead atoms. The fraction of sp³-hybridized carbons (Fsp3) is 0. The third-order valence-electron chi connectivity index (χ3n) is 1.80. The predicted octanol–water partition coefficient (Wildman–Crippen LogP) is 1.77.